The van der Waals surface area contributed by atoms with E-state index in [1.165, 1.54) is 38.1 Å². The van der Waals surface area contributed by atoms with Crippen LogP contribution in [0.3, 0.4) is 0 Å². The van der Waals surface area contributed by atoms with Gasteiger partial charge in [-0.05, 0) is 23.6 Å². The van der Waals surface area contributed by atoms with Gasteiger partial charge < -0.3 is 4.40 Å². The molecule has 0 saturated carbocycles. The number of hydrogen-bond acceptors (Lipinski definition) is 2. The SMILES string of the molecule is N=C(c1ccccc1)c1ccccc1C(=N)n1c2cc3c4ccccc4n4c5ccccc5c(c2c2ccc5ccccc5c21)c34. The first kappa shape index (κ1) is 25.1. The second-order valence-electron chi connectivity index (χ2n) is 12.1. The van der Waals surface area contributed by atoms with Gasteiger partial charge in [0.2, 0.25) is 0 Å². The standard InChI is InChI=1S/C42H26N4/c43-39(26-13-2-1-3-14-26)29-17-6-7-18-30(29)42(44)46-36-24-33-28-16-8-10-20-34(28)45-35-21-11-9-19-31(35)38(41(33)45)37(36)32-23-22-25-12-4-5-15-27(25)40(32)46/h1-24,43-44H. The van der Waals surface area contributed by atoms with Crippen molar-refractivity contribution in [2.24, 2.45) is 0 Å². The lowest BCUT2D eigenvalue weighted by atomic mass is 9.96. The van der Waals surface area contributed by atoms with Gasteiger partial charge in [-0.1, -0.05) is 127 Å². The lowest BCUT2D eigenvalue weighted by Crippen LogP contribution is -2.17. The molecule has 0 spiro atoms. The van der Waals surface area contributed by atoms with Crippen molar-refractivity contribution in [2.75, 3.05) is 0 Å². The molecule has 3 heterocycles. The molecule has 4 nitrogen and oxygen atoms in total. The van der Waals surface area contributed by atoms with E-state index in [1.807, 2.05) is 54.6 Å². The summed E-state index contributed by atoms with van der Waals surface area (Å²) in [5.74, 6) is 0.356. The maximum atomic E-state index is 10.0. The first-order valence-corrected chi connectivity index (χ1v) is 15.5. The fraction of sp³-hybridized carbons (Fsp3) is 0. The zero-order valence-electron chi connectivity index (χ0n) is 24.8. The molecule has 0 atom stereocenters. The predicted molar refractivity (Wildman–Crippen MR) is 193 cm³/mol. The first-order valence-electron chi connectivity index (χ1n) is 15.5. The van der Waals surface area contributed by atoms with E-state index >= 15 is 0 Å². The molecule has 0 saturated heterocycles. The van der Waals surface area contributed by atoms with E-state index in [1.54, 1.807) is 0 Å². The van der Waals surface area contributed by atoms with Crippen molar-refractivity contribution in [2.45, 2.75) is 0 Å². The zero-order chi connectivity index (χ0) is 30.5. The molecule has 0 aliphatic carbocycles. The molecule has 10 aromatic rings. The van der Waals surface area contributed by atoms with E-state index in [2.05, 4.69) is 100.0 Å². The molecule has 4 heteroatoms. The molecule has 0 bridgehead atoms. The highest BCUT2D eigenvalue weighted by Crippen LogP contribution is 2.47. The molecule has 10 rings (SSSR count). The molecule has 214 valence electrons. The lowest BCUT2D eigenvalue weighted by Gasteiger charge is -2.16. The van der Waals surface area contributed by atoms with E-state index in [0.29, 0.717) is 11.5 Å². The molecule has 0 unspecified atom stereocenters. The Morgan fingerprint density at radius 1 is 0.435 bits per heavy atom. The van der Waals surface area contributed by atoms with E-state index in [9.17, 15) is 10.8 Å². The smallest absolute Gasteiger partial charge is 0.137 e. The van der Waals surface area contributed by atoms with Crippen LogP contribution in [-0.4, -0.2) is 20.5 Å². The van der Waals surface area contributed by atoms with Crippen molar-refractivity contribution >= 4 is 82.2 Å². The van der Waals surface area contributed by atoms with Gasteiger partial charge in [0, 0.05) is 54.4 Å². The van der Waals surface area contributed by atoms with Crippen LogP contribution < -0.4 is 0 Å². The number of rotatable bonds is 3. The maximum absolute atomic E-state index is 10.0. The third kappa shape index (κ3) is 3.17. The second kappa shape index (κ2) is 9.13. The van der Waals surface area contributed by atoms with Gasteiger partial charge in [-0.3, -0.25) is 15.4 Å². The van der Waals surface area contributed by atoms with E-state index < -0.39 is 0 Å². The zero-order valence-corrected chi connectivity index (χ0v) is 24.8. The van der Waals surface area contributed by atoms with Gasteiger partial charge in [-0.15, -0.1) is 0 Å². The van der Waals surface area contributed by atoms with Crippen LogP contribution in [-0.2, 0) is 0 Å². The maximum Gasteiger partial charge on any atom is 0.137 e. The summed E-state index contributed by atoms with van der Waals surface area (Å²) < 4.78 is 4.56. The van der Waals surface area contributed by atoms with E-state index in [0.717, 1.165) is 49.3 Å². The summed E-state index contributed by atoms with van der Waals surface area (Å²) >= 11 is 0. The largest absolute Gasteiger partial charge is 0.308 e. The van der Waals surface area contributed by atoms with Crippen LogP contribution in [0.1, 0.15) is 16.7 Å². The summed E-state index contributed by atoms with van der Waals surface area (Å²) in [7, 11) is 0. The van der Waals surface area contributed by atoms with Crippen LogP contribution >= 0.6 is 0 Å². The highest BCUT2D eigenvalue weighted by molar-refractivity contribution is 6.38. The van der Waals surface area contributed by atoms with Crippen LogP contribution in [0.5, 0.6) is 0 Å². The predicted octanol–water partition coefficient (Wildman–Crippen LogP) is 10.4. The molecule has 0 aliphatic rings. The monoisotopic (exact) mass is 586 g/mol. The van der Waals surface area contributed by atoms with Gasteiger partial charge in [-0.25, -0.2) is 0 Å². The minimum absolute atomic E-state index is 0.356. The minimum Gasteiger partial charge on any atom is -0.308 e. The number of hydrogen-bond donors (Lipinski definition) is 2. The Morgan fingerprint density at radius 3 is 1.87 bits per heavy atom. The third-order valence-corrected chi connectivity index (χ3v) is 9.72. The summed E-state index contributed by atoms with van der Waals surface area (Å²) in [6, 6.07) is 50.2. The molecule has 7 aromatic carbocycles. The highest BCUT2D eigenvalue weighted by Gasteiger charge is 2.26. The summed E-state index contributed by atoms with van der Waals surface area (Å²) in [4.78, 5) is 0. The number of nitrogens with zero attached hydrogens (tertiary/aromatic N) is 2. The normalized spacial score (nSPS) is 12.1. The van der Waals surface area contributed by atoms with Crippen molar-refractivity contribution < 1.29 is 0 Å². The molecule has 46 heavy (non-hydrogen) atoms. The number of para-hydroxylation sites is 2. The van der Waals surface area contributed by atoms with Crippen LogP contribution in [0.2, 0.25) is 0 Å². The third-order valence-electron chi connectivity index (χ3n) is 9.72. The Bertz CT molecular complexity index is 2890. The van der Waals surface area contributed by atoms with Gasteiger partial charge in [0.1, 0.15) is 5.84 Å². The lowest BCUT2D eigenvalue weighted by molar-refractivity contribution is 1.22. The molecule has 0 amide bonds. The summed E-state index contributed by atoms with van der Waals surface area (Å²) in [6.07, 6.45) is 0. The van der Waals surface area contributed by atoms with Crippen LogP contribution in [0, 0.1) is 10.8 Å². The minimum atomic E-state index is 0.356. The van der Waals surface area contributed by atoms with Crippen molar-refractivity contribution in [1.82, 2.24) is 8.97 Å². The van der Waals surface area contributed by atoms with Crippen molar-refractivity contribution in [3.8, 4) is 0 Å². The summed E-state index contributed by atoms with van der Waals surface area (Å²) in [6.45, 7) is 0. The fourth-order valence-electron chi connectivity index (χ4n) is 7.79. The summed E-state index contributed by atoms with van der Waals surface area (Å²) in [5.41, 5.74) is 8.31. The Balaban J connectivity index is 1.41. The van der Waals surface area contributed by atoms with Crippen LogP contribution in [0.15, 0.2) is 146 Å². The molecular formula is C42H26N4. The Kier molecular flexibility index (Phi) is 4.98. The van der Waals surface area contributed by atoms with Gasteiger partial charge in [0.05, 0.1) is 33.3 Å². The Hall–Kier alpha value is -6.26. The van der Waals surface area contributed by atoms with Gasteiger partial charge in [0.15, 0.2) is 0 Å². The average molecular weight is 587 g/mol. The molecule has 0 radical (unpaired) electrons. The number of benzene rings is 7. The second-order valence-corrected chi connectivity index (χ2v) is 12.1. The van der Waals surface area contributed by atoms with Crippen molar-refractivity contribution in [3.05, 3.63) is 162 Å². The number of nitrogens with one attached hydrogen (secondary N) is 2. The molecule has 2 N–H and O–H groups in total. The van der Waals surface area contributed by atoms with Gasteiger partial charge in [-0.2, -0.15) is 0 Å². The quantitative estimate of drug-likeness (QED) is 0.153. The van der Waals surface area contributed by atoms with Gasteiger partial charge in [0.25, 0.3) is 0 Å². The number of fused-ring (bicyclic) bond motifs is 12. The Morgan fingerprint density at radius 2 is 1.07 bits per heavy atom. The average Bonchev–Trinajstić information content (AvgIpc) is 3.76. The van der Waals surface area contributed by atoms with Crippen molar-refractivity contribution in [1.29, 1.82) is 10.8 Å². The van der Waals surface area contributed by atoms with E-state index in [4.69, 9.17) is 0 Å². The van der Waals surface area contributed by atoms with Crippen LogP contribution in [0.4, 0.5) is 0 Å². The highest BCUT2D eigenvalue weighted by atomic mass is 15.0. The molecule has 0 fully saturated rings. The molecule has 0 aliphatic heterocycles. The van der Waals surface area contributed by atoms with Crippen LogP contribution in [0.25, 0.3) is 70.7 Å². The van der Waals surface area contributed by atoms with Crippen molar-refractivity contribution in [3.63, 3.8) is 0 Å². The topological polar surface area (TPSA) is 57.0 Å². The molecular weight excluding hydrogens is 560 g/mol. The Labute approximate surface area is 263 Å². The first-order chi connectivity index (χ1) is 22.7. The molecule has 3 aromatic heterocycles. The fourth-order valence-corrected chi connectivity index (χ4v) is 7.79. The van der Waals surface area contributed by atoms with E-state index in [-0.39, 0.29) is 0 Å². The summed E-state index contributed by atoms with van der Waals surface area (Å²) in [5, 5.41) is 28.5. The van der Waals surface area contributed by atoms with Gasteiger partial charge >= 0.3 is 0 Å². The number of aromatic nitrogens is 2.